The quantitative estimate of drug-likeness (QED) is 0.833. The van der Waals surface area contributed by atoms with E-state index in [0.29, 0.717) is 6.54 Å². The molecular weight excluding hydrogens is 287 g/mol. The molecule has 9 heteroatoms. The molecule has 0 saturated carbocycles. The first kappa shape index (κ1) is 14.8. The van der Waals surface area contributed by atoms with E-state index in [0.717, 1.165) is 12.1 Å². The van der Waals surface area contributed by atoms with E-state index in [9.17, 15) is 18.0 Å². The average Bonchev–Trinajstić information content (AvgIpc) is 2.90. The molecular formula is C12H12F3N5O. The van der Waals surface area contributed by atoms with Gasteiger partial charge < -0.3 is 11.1 Å². The maximum Gasteiger partial charge on any atom is 0.418 e. The predicted molar refractivity (Wildman–Crippen MR) is 68.2 cm³/mol. The molecule has 1 heterocycles. The summed E-state index contributed by atoms with van der Waals surface area (Å²) in [6.07, 6.45) is -1.52. The summed E-state index contributed by atoms with van der Waals surface area (Å²) in [7, 11) is 0. The van der Waals surface area contributed by atoms with Gasteiger partial charge in [-0.2, -0.15) is 13.2 Å². The first-order chi connectivity index (χ1) is 9.89. The lowest BCUT2D eigenvalue weighted by Crippen LogP contribution is -2.28. The van der Waals surface area contributed by atoms with Crippen LogP contribution in [0.2, 0.25) is 0 Å². The van der Waals surface area contributed by atoms with E-state index in [1.807, 2.05) is 0 Å². The van der Waals surface area contributed by atoms with Crippen molar-refractivity contribution in [2.45, 2.75) is 12.7 Å². The van der Waals surface area contributed by atoms with Crippen LogP contribution in [0.1, 0.15) is 15.9 Å². The Labute approximate surface area is 117 Å². The second-order valence-electron chi connectivity index (χ2n) is 4.19. The van der Waals surface area contributed by atoms with Crippen molar-refractivity contribution >= 4 is 11.6 Å². The Morgan fingerprint density at radius 1 is 1.38 bits per heavy atom. The Morgan fingerprint density at radius 3 is 2.76 bits per heavy atom. The topological polar surface area (TPSA) is 85.8 Å². The van der Waals surface area contributed by atoms with Gasteiger partial charge in [0.25, 0.3) is 5.91 Å². The van der Waals surface area contributed by atoms with Crippen molar-refractivity contribution < 1.29 is 18.0 Å². The Balaban J connectivity index is 2.05. The van der Waals surface area contributed by atoms with Gasteiger partial charge in [-0.1, -0.05) is 11.3 Å². The van der Waals surface area contributed by atoms with Gasteiger partial charge >= 0.3 is 6.18 Å². The second-order valence-corrected chi connectivity index (χ2v) is 4.19. The zero-order valence-electron chi connectivity index (χ0n) is 10.8. The lowest BCUT2D eigenvalue weighted by molar-refractivity contribution is -0.136. The zero-order chi connectivity index (χ0) is 15.5. The number of aromatic nitrogens is 3. The number of halogens is 3. The van der Waals surface area contributed by atoms with Crippen LogP contribution >= 0.6 is 0 Å². The molecule has 1 aromatic carbocycles. The summed E-state index contributed by atoms with van der Waals surface area (Å²) in [6, 6.07) is 3.22. The first-order valence-corrected chi connectivity index (χ1v) is 5.97. The van der Waals surface area contributed by atoms with Crippen molar-refractivity contribution in [3.05, 3.63) is 41.7 Å². The number of rotatable bonds is 4. The normalized spacial score (nSPS) is 11.4. The zero-order valence-corrected chi connectivity index (χ0v) is 10.8. The molecule has 2 rings (SSSR count). The van der Waals surface area contributed by atoms with Crippen LogP contribution in [-0.4, -0.2) is 27.4 Å². The monoisotopic (exact) mass is 299 g/mol. The number of amides is 1. The van der Waals surface area contributed by atoms with Crippen LogP contribution in [0, 0.1) is 0 Å². The number of para-hydroxylation sites is 1. The molecule has 21 heavy (non-hydrogen) atoms. The first-order valence-electron chi connectivity index (χ1n) is 5.97. The number of nitrogens with one attached hydrogen (secondary N) is 1. The number of nitrogens with two attached hydrogens (primary N) is 1. The van der Waals surface area contributed by atoms with Crippen LogP contribution in [0.15, 0.2) is 30.6 Å². The van der Waals surface area contributed by atoms with Crippen LogP contribution in [0.5, 0.6) is 0 Å². The number of hydrogen-bond acceptors (Lipinski definition) is 4. The molecule has 0 aliphatic carbocycles. The highest BCUT2D eigenvalue weighted by Crippen LogP contribution is 2.34. The molecule has 3 N–H and O–H groups in total. The molecule has 0 unspecified atom stereocenters. The highest BCUT2D eigenvalue weighted by molar-refractivity contribution is 5.99. The number of alkyl halides is 3. The SMILES string of the molecule is Nc1c(C(=O)NCCn2ccnn2)cccc1C(F)(F)F. The second kappa shape index (κ2) is 5.81. The van der Waals surface area contributed by atoms with Crippen molar-refractivity contribution in [2.24, 2.45) is 0 Å². The lowest BCUT2D eigenvalue weighted by Gasteiger charge is -2.13. The summed E-state index contributed by atoms with van der Waals surface area (Å²) in [5.74, 6) is -0.668. The Morgan fingerprint density at radius 2 is 2.14 bits per heavy atom. The fraction of sp³-hybridized carbons (Fsp3) is 0.250. The highest BCUT2D eigenvalue weighted by atomic mass is 19.4. The summed E-state index contributed by atoms with van der Waals surface area (Å²) in [5, 5.41) is 9.76. The molecule has 112 valence electrons. The smallest absolute Gasteiger partial charge is 0.398 e. The minimum Gasteiger partial charge on any atom is -0.398 e. The summed E-state index contributed by atoms with van der Waals surface area (Å²) in [4.78, 5) is 11.9. The van der Waals surface area contributed by atoms with Crippen molar-refractivity contribution in [3.63, 3.8) is 0 Å². The summed E-state index contributed by atoms with van der Waals surface area (Å²) in [5.41, 5.74) is 3.62. The molecule has 6 nitrogen and oxygen atoms in total. The molecule has 0 atom stereocenters. The molecule has 0 aliphatic rings. The van der Waals surface area contributed by atoms with E-state index >= 15 is 0 Å². The maximum absolute atomic E-state index is 12.7. The third kappa shape index (κ3) is 3.50. The predicted octanol–water partition coefficient (Wildman–Crippen LogP) is 1.31. The Kier molecular flexibility index (Phi) is 4.10. The number of anilines is 1. The number of hydrogen-bond donors (Lipinski definition) is 2. The van der Waals surface area contributed by atoms with Crippen molar-refractivity contribution in [1.29, 1.82) is 0 Å². The standard InChI is InChI=1S/C12H12F3N5O/c13-12(14,15)9-3-1-2-8(10(9)16)11(21)17-4-6-20-7-5-18-19-20/h1-3,5,7H,4,6,16H2,(H,17,21). The van der Waals surface area contributed by atoms with E-state index in [2.05, 4.69) is 15.6 Å². The van der Waals surface area contributed by atoms with Crippen LogP contribution in [-0.2, 0) is 12.7 Å². The lowest BCUT2D eigenvalue weighted by atomic mass is 10.1. The Bertz CT molecular complexity index is 624. The molecule has 0 fully saturated rings. The van der Waals surface area contributed by atoms with E-state index in [1.165, 1.54) is 16.9 Å². The third-order valence-corrected chi connectivity index (χ3v) is 2.75. The van der Waals surface area contributed by atoms with Gasteiger partial charge in [-0.25, -0.2) is 0 Å². The summed E-state index contributed by atoms with van der Waals surface area (Å²) in [6.45, 7) is 0.544. The third-order valence-electron chi connectivity index (χ3n) is 2.75. The fourth-order valence-electron chi connectivity index (χ4n) is 1.74. The molecule has 0 bridgehead atoms. The van der Waals surface area contributed by atoms with Crippen molar-refractivity contribution in [1.82, 2.24) is 20.3 Å². The van der Waals surface area contributed by atoms with Gasteiger partial charge in [0.15, 0.2) is 0 Å². The van der Waals surface area contributed by atoms with Crippen LogP contribution < -0.4 is 11.1 Å². The van der Waals surface area contributed by atoms with Gasteiger partial charge in [0.1, 0.15) is 0 Å². The molecule has 2 aromatic rings. The van der Waals surface area contributed by atoms with Crippen molar-refractivity contribution in [2.75, 3.05) is 12.3 Å². The van der Waals surface area contributed by atoms with Gasteiger partial charge in [0.05, 0.1) is 29.6 Å². The number of nitrogen functional groups attached to an aromatic ring is 1. The summed E-state index contributed by atoms with van der Waals surface area (Å²) < 4.78 is 39.6. The molecule has 1 aromatic heterocycles. The van der Waals surface area contributed by atoms with Gasteiger partial charge in [-0.05, 0) is 12.1 Å². The number of carbonyl (C=O) groups is 1. The van der Waals surface area contributed by atoms with E-state index in [4.69, 9.17) is 5.73 Å². The fourth-order valence-corrected chi connectivity index (χ4v) is 1.74. The molecule has 1 amide bonds. The maximum atomic E-state index is 12.7. The van der Waals surface area contributed by atoms with Crippen LogP contribution in [0.4, 0.5) is 18.9 Å². The summed E-state index contributed by atoms with van der Waals surface area (Å²) >= 11 is 0. The molecule has 0 aliphatic heterocycles. The molecule has 0 spiro atoms. The Hall–Kier alpha value is -2.58. The average molecular weight is 299 g/mol. The number of nitrogens with zero attached hydrogens (tertiary/aromatic N) is 3. The van der Waals surface area contributed by atoms with E-state index in [-0.39, 0.29) is 12.1 Å². The van der Waals surface area contributed by atoms with Crippen molar-refractivity contribution in [3.8, 4) is 0 Å². The number of benzene rings is 1. The highest BCUT2D eigenvalue weighted by Gasteiger charge is 2.34. The molecule has 0 saturated heterocycles. The van der Waals surface area contributed by atoms with Crippen LogP contribution in [0.25, 0.3) is 0 Å². The largest absolute Gasteiger partial charge is 0.418 e. The van der Waals surface area contributed by atoms with Gasteiger partial charge in [-0.3, -0.25) is 9.48 Å². The van der Waals surface area contributed by atoms with Crippen LogP contribution in [0.3, 0.4) is 0 Å². The van der Waals surface area contributed by atoms with E-state index < -0.39 is 23.3 Å². The van der Waals surface area contributed by atoms with Gasteiger partial charge in [0, 0.05) is 12.7 Å². The molecule has 0 radical (unpaired) electrons. The van der Waals surface area contributed by atoms with Gasteiger partial charge in [0.2, 0.25) is 0 Å². The minimum absolute atomic E-state index is 0.192. The van der Waals surface area contributed by atoms with E-state index in [1.54, 1.807) is 6.20 Å². The number of carbonyl (C=O) groups excluding carboxylic acids is 1. The van der Waals surface area contributed by atoms with Gasteiger partial charge in [-0.15, -0.1) is 5.10 Å². The minimum atomic E-state index is -4.60.